The van der Waals surface area contributed by atoms with E-state index in [4.69, 9.17) is 9.79 Å². The maximum Gasteiger partial charge on any atom is 0.328 e. The minimum atomic E-state index is -4.25. The Bertz CT molecular complexity index is 261. The third-order valence-corrected chi connectivity index (χ3v) is 2.41. The Hall–Kier alpha value is -0.680. The summed E-state index contributed by atoms with van der Waals surface area (Å²) in [6, 6.07) is -0.729. The first-order chi connectivity index (χ1) is 6.26. The van der Waals surface area contributed by atoms with Crippen molar-refractivity contribution in [3.05, 3.63) is 12.7 Å². The van der Waals surface area contributed by atoms with Crippen molar-refractivity contribution >= 4 is 13.5 Å². The predicted octanol–water partition coefficient (Wildman–Crippen LogP) is -0.784. The molecule has 0 fully saturated rings. The quantitative estimate of drug-likeness (QED) is 0.361. The first-order valence-corrected chi connectivity index (χ1v) is 5.71. The largest absolute Gasteiger partial charge is 0.390 e. The number of carbonyl (C=O) groups is 1. The van der Waals surface area contributed by atoms with Crippen molar-refractivity contribution in [2.45, 2.75) is 19.1 Å². The standard InChI is InChI=1S/C7H14NO5P/c1-3-7(10)8-5(2)6(9)4-14(11,12)13/h3,5-6,9H,1,4H2,2H3,(H,8,10)(H2,11,12,13). The van der Waals surface area contributed by atoms with E-state index in [0.29, 0.717) is 0 Å². The summed E-state index contributed by atoms with van der Waals surface area (Å²) in [5.74, 6) is -0.498. The Labute approximate surface area is 81.8 Å². The molecule has 0 aliphatic rings. The molecule has 0 rings (SSSR count). The van der Waals surface area contributed by atoms with Crippen molar-refractivity contribution < 1.29 is 24.3 Å². The number of aliphatic hydroxyl groups excluding tert-OH is 1. The molecule has 14 heavy (non-hydrogen) atoms. The topological polar surface area (TPSA) is 107 Å². The number of rotatable bonds is 5. The first kappa shape index (κ1) is 13.3. The predicted molar refractivity (Wildman–Crippen MR) is 50.7 cm³/mol. The van der Waals surface area contributed by atoms with Gasteiger partial charge >= 0.3 is 7.60 Å². The van der Waals surface area contributed by atoms with Crippen LogP contribution in [0.3, 0.4) is 0 Å². The zero-order valence-corrected chi connectivity index (χ0v) is 8.65. The van der Waals surface area contributed by atoms with E-state index in [1.54, 1.807) is 0 Å². The van der Waals surface area contributed by atoms with Crippen molar-refractivity contribution in [1.29, 1.82) is 0 Å². The lowest BCUT2D eigenvalue weighted by molar-refractivity contribution is -0.117. The number of hydrogen-bond acceptors (Lipinski definition) is 3. The smallest absolute Gasteiger partial charge is 0.328 e. The highest BCUT2D eigenvalue weighted by atomic mass is 31.2. The second-order valence-electron chi connectivity index (χ2n) is 2.92. The number of hydrogen-bond donors (Lipinski definition) is 4. The van der Waals surface area contributed by atoms with Crippen molar-refractivity contribution in [3.63, 3.8) is 0 Å². The van der Waals surface area contributed by atoms with Gasteiger partial charge in [-0.3, -0.25) is 9.36 Å². The van der Waals surface area contributed by atoms with Gasteiger partial charge in [-0.05, 0) is 13.0 Å². The SMILES string of the molecule is C=CC(=O)NC(C)C(O)CP(=O)(O)O. The summed E-state index contributed by atoms with van der Waals surface area (Å²) in [6.45, 7) is 4.65. The van der Waals surface area contributed by atoms with Gasteiger partial charge in [0.25, 0.3) is 0 Å². The summed E-state index contributed by atoms with van der Waals surface area (Å²) in [7, 11) is -4.25. The number of carbonyl (C=O) groups excluding carboxylic acids is 1. The molecule has 2 atom stereocenters. The second-order valence-corrected chi connectivity index (χ2v) is 4.61. The highest BCUT2D eigenvalue weighted by Crippen LogP contribution is 2.35. The van der Waals surface area contributed by atoms with E-state index in [0.717, 1.165) is 6.08 Å². The normalized spacial score (nSPS) is 15.7. The summed E-state index contributed by atoms with van der Waals surface area (Å²) in [4.78, 5) is 27.9. The van der Waals surface area contributed by atoms with Crippen LogP contribution in [0.1, 0.15) is 6.92 Å². The molecule has 0 heterocycles. The Morgan fingerprint density at radius 1 is 1.64 bits per heavy atom. The molecular formula is C7H14NO5P. The average Bonchev–Trinajstić information content (AvgIpc) is 2.00. The maximum absolute atomic E-state index is 10.8. The Morgan fingerprint density at radius 3 is 2.50 bits per heavy atom. The van der Waals surface area contributed by atoms with E-state index in [1.165, 1.54) is 6.92 Å². The lowest BCUT2D eigenvalue weighted by atomic mass is 10.2. The van der Waals surface area contributed by atoms with Crippen LogP contribution in [0.2, 0.25) is 0 Å². The molecule has 4 N–H and O–H groups in total. The zero-order chi connectivity index (χ0) is 11.4. The van der Waals surface area contributed by atoms with E-state index in [-0.39, 0.29) is 0 Å². The van der Waals surface area contributed by atoms with Gasteiger partial charge in [-0.25, -0.2) is 0 Å². The summed E-state index contributed by atoms with van der Waals surface area (Å²) < 4.78 is 10.5. The van der Waals surface area contributed by atoms with Gasteiger partial charge in [0.1, 0.15) is 0 Å². The van der Waals surface area contributed by atoms with Crippen LogP contribution in [-0.4, -0.2) is 39.1 Å². The lowest BCUT2D eigenvalue weighted by Crippen LogP contribution is -2.42. The molecule has 0 spiro atoms. The zero-order valence-electron chi connectivity index (χ0n) is 7.75. The molecule has 0 aromatic heterocycles. The van der Waals surface area contributed by atoms with Crippen molar-refractivity contribution in [1.82, 2.24) is 5.32 Å². The molecule has 7 heteroatoms. The number of nitrogens with one attached hydrogen (secondary N) is 1. The average molecular weight is 223 g/mol. The third kappa shape index (κ3) is 5.88. The molecule has 0 radical (unpaired) electrons. The van der Waals surface area contributed by atoms with Crippen LogP contribution in [0.5, 0.6) is 0 Å². The van der Waals surface area contributed by atoms with Crippen molar-refractivity contribution in [2.75, 3.05) is 6.16 Å². The Balaban J connectivity index is 4.12. The highest BCUT2D eigenvalue weighted by molar-refractivity contribution is 7.51. The minimum Gasteiger partial charge on any atom is -0.390 e. The third-order valence-electron chi connectivity index (χ3n) is 1.56. The van der Waals surface area contributed by atoms with Gasteiger partial charge in [0, 0.05) is 0 Å². The van der Waals surface area contributed by atoms with E-state index < -0.39 is 31.8 Å². The van der Waals surface area contributed by atoms with Crippen LogP contribution in [0.4, 0.5) is 0 Å². The lowest BCUT2D eigenvalue weighted by Gasteiger charge is -2.19. The van der Waals surface area contributed by atoms with Gasteiger partial charge in [-0.1, -0.05) is 6.58 Å². The van der Waals surface area contributed by atoms with Crippen LogP contribution in [-0.2, 0) is 9.36 Å². The maximum atomic E-state index is 10.8. The van der Waals surface area contributed by atoms with Crippen molar-refractivity contribution in [3.8, 4) is 0 Å². The molecule has 2 unspecified atom stereocenters. The number of amides is 1. The van der Waals surface area contributed by atoms with Crippen molar-refractivity contribution in [2.24, 2.45) is 0 Å². The summed E-state index contributed by atoms with van der Waals surface area (Å²) in [5.41, 5.74) is 0. The van der Waals surface area contributed by atoms with Gasteiger partial charge in [0.05, 0.1) is 18.3 Å². The van der Waals surface area contributed by atoms with E-state index in [1.807, 2.05) is 0 Å². The van der Waals surface area contributed by atoms with E-state index in [9.17, 15) is 14.5 Å². The first-order valence-electron chi connectivity index (χ1n) is 3.92. The van der Waals surface area contributed by atoms with Gasteiger partial charge in [0.15, 0.2) is 0 Å². The molecule has 0 aliphatic carbocycles. The molecule has 82 valence electrons. The fraction of sp³-hybridized carbons (Fsp3) is 0.571. The summed E-state index contributed by atoms with van der Waals surface area (Å²) >= 11 is 0. The fourth-order valence-corrected chi connectivity index (χ4v) is 1.58. The van der Waals surface area contributed by atoms with Gasteiger partial charge in [-0.15, -0.1) is 0 Å². The molecule has 1 amide bonds. The molecule has 0 aliphatic heterocycles. The minimum absolute atomic E-state index is 0.498. The molecule has 0 bridgehead atoms. The molecule has 0 saturated carbocycles. The van der Waals surface area contributed by atoms with Crippen LogP contribution < -0.4 is 5.32 Å². The monoisotopic (exact) mass is 223 g/mol. The fourth-order valence-electron chi connectivity index (χ4n) is 0.781. The number of aliphatic hydroxyl groups is 1. The molecule has 0 aromatic rings. The molecule has 0 saturated heterocycles. The Morgan fingerprint density at radius 2 is 2.14 bits per heavy atom. The Kier molecular flexibility index (Phi) is 5.01. The highest BCUT2D eigenvalue weighted by Gasteiger charge is 2.24. The van der Waals surface area contributed by atoms with Crippen LogP contribution >= 0.6 is 7.60 Å². The molecular weight excluding hydrogens is 209 g/mol. The second kappa shape index (κ2) is 5.26. The van der Waals surface area contributed by atoms with Gasteiger partial charge in [-0.2, -0.15) is 0 Å². The van der Waals surface area contributed by atoms with E-state index in [2.05, 4.69) is 11.9 Å². The van der Waals surface area contributed by atoms with Crippen LogP contribution in [0.25, 0.3) is 0 Å². The van der Waals surface area contributed by atoms with Crippen LogP contribution in [0.15, 0.2) is 12.7 Å². The van der Waals surface area contributed by atoms with E-state index >= 15 is 0 Å². The van der Waals surface area contributed by atoms with Crippen LogP contribution in [0, 0.1) is 0 Å². The summed E-state index contributed by atoms with van der Waals surface area (Å²) in [5, 5.41) is 11.6. The summed E-state index contributed by atoms with van der Waals surface area (Å²) in [6.07, 6.45) is -0.938. The van der Waals surface area contributed by atoms with Gasteiger partial charge < -0.3 is 20.2 Å². The molecule has 0 aromatic carbocycles. The molecule has 6 nitrogen and oxygen atoms in total. The van der Waals surface area contributed by atoms with Gasteiger partial charge in [0.2, 0.25) is 5.91 Å².